The third kappa shape index (κ3) is 2.25. The van der Waals surface area contributed by atoms with Crippen molar-refractivity contribution in [3.63, 3.8) is 0 Å². The van der Waals surface area contributed by atoms with E-state index < -0.39 is 5.41 Å². The van der Waals surface area contributed by atoms with Crippen molar-refractivity contribution in [2.24, 2.45) is 10.8 Å². The van der Waals surface area contributed by atoms with Gasteiger partial charge in [0.15, 0.2) is 0 Å². The van der Waals surface area contributed by atoms with Crippen LogP contribution in [0.4, 0.5) is 0 Å². The maximum atomic E-state index is 11.6. The molecule has 0 atom stereocenters. The first kappa shape index (κ1) is 11.0. The average molecular weight is 194 g/mol. The molecule has 3 nitrogen and oxygen atoms in total. The zero-order chi connectivity index (χ0) is 10.8. The van der Waals surface area contributed by atoms with Crippen molar-refractivity contribution in [2.45, 2.75) is 40.0 Å². The van der Waals surface area contributed by atoms with Crippen LogP contribution in [0.3, 0.4) is 0 Å². The molecule has 1 aliphatic rings. The summed E-state index contributed by atoms with van der Waals surface area (Å²) in [5.74, 6) is -0.153. The van der Waals surface area contributed by atoms with Gasteiger partial charge in [0, 0.05) is 6.54 Å². The van der Waals surface area contributed by atoms with Crippen LogP contribution in [0.15, 0.2) is 0 Å². The highest BCUT2D eigenvalue weighted by molar-refractivity contribution is 5.84. The van der Waals surface area contributed by atoms with Gasteiger partial charge in [0.1, 0.15) is 5.41 Å². The molecule has 0 bridgehead atoms. The molecule has 78 valence electrons. The Kier molecular flexibility index (Phi) is 2.84. The Hall–Kier alpha value is -1.04. The van der Waals surface area contributed by atoms with E-state index in [0.717, 1.165) is 13.0 Å². The predicted octanol–water partition coefficient (Wildman–Crippen LogP) is 1.84. The van der Waals surface area contributed by atoms with Crippen LogP contribution in [0, 0.1) is 22.2 Å². The van der Waals surface area contributed by atoms with Gasteiger partial charge in [-0.1, -0.05) is 6.92 Å². The molecule has 0 saturated heterocycles. The van der Waals surface area contributed by atoms with E-state index in [2.05, 4.69) is 12.2 Å². The SMILES string of the molecule is CCC1(CNC(=O)C(C)(C)C#N)CC1. The van der Waals surface area contributed by atoms with Gasteiger partial charge in [-0.2, -0.15) is 5.26 Å². The maximum absolute atomic E-state index is 11.6. The van der Waals surface area contributed by atoms with Crippen LogP contribution in [0.2, 0.25) is 0 Å². The van der Waals surface area contributed by atoms with Crippen molar-refractivity contribution in [2.75, 3.05) is 6.54 Å². The number of hydrogen-bond acceptors (Lipinski definition) is 2. The quantitative estimate of drug-likeness (QED) is 0.742. The number of nitrogens with zero attached hydrogens (tertiary/aromatic N) is 1. The van der Waals surface area contributed by atoms with E-state index in [4.69, 9.17) is 5.26 Å². The Morgan fingerprint density at radius 1 is 1.57 bits per heavy atom. The summed E-state index contributed by atoms with van der Waals surface area (Å²) in [6.07, 6.45) is 3.52. The highest BCUT2D eigenvalue weighted by atomic mass is 16.2. The highest BCUT2D eigenvalue weighted by Crippen LogP contribution is 2.47. The Balaban J connectivity index is 2.40. The fourth-order valence-corrected chi connectivity index (χ4v) is 1.37. The predicted molar refractivity (Wildman–Crippen MR) is 54.4 cm³/mol. The molecule has 3 heteroatoms. The molecule has 1 fully saturated rings. The summed E-state index contributed by atoms with van der Waals surface area (Å²) in [6, 6.07) is 2.00. The number of carbonyl (C=O) groups excluding carboxylic acids is 1. The van der Waals surface area contributed by atoms with Crippen LogP contribution in [0.5, 0.6) is 0 Å². The highest BCUT2D eigenvalue weighted by Gasteiger charge is 2.41. The Labute approximate surface area is 85.5 Å². The van der Waals surface area contributed by atoms with Gasteiger partial charge in [-0.3, -0.25) is 4.79 Å². The molecule has 0 unspecified atom stereocenters. The molecule has 1 amide bonds. The van der Waals surface area contributed by atoms with Crippen LogP contribution in [0.25, 0.3) is 0 Å². The molecule has 1 aliphatic carbocycles. The monoisotopic (exact) mass is 194 g/mol. The van der Waals surface area contributed by atoms with Crippen LogP contribution in [-0.4, -0.2) is 12.5 Å². The summed E-state index contributed by atoms with van der Waals surface area (Å²) in [5, 5.41) is 11.6. The summed E-state index contributed by atoms with van der Waals surface area (Å²) in [6.45, 7) is 6.17. The minimum atomic E-state index is -0.899. The summed E-state index contributed by atoms with van der Waals surface area (Å²) in [5.41, 5.74) is -0.551. The van der Waals surface area contributed by atoms with E-state index in [-0.39, 0.29) is 5.91 Å². The third-order valence-corrected chi connectivity index (χ3v) is 3.18. The van der Waals surface area contributed by atoms with Gasteiger partial charge < -0.3 is 5.32 Å². The number of hydrogen-bond donors (Lipinski definition) is 1. The van der Waals surface area contributed by atoms with Gasteiger partial charge in [0.05, 0.1) is 6.07 Å². The summed E-state index contributed by atoms with van der Waals surface area (Å²) < 4.78 is 0. The van der Waals surface area contributed by atoms with E-state index in [9.17, 15) is 4.79 Å². The molecule has 1 saturated carbocycles. The van der Waals surface area contributed by atoms with Gasteiger partial charge in [-0.25, -0.2) is 0 Å². The van der Waals surface area contributed by atoms with Crippen LogP contribution < -0.4 is 5.32 Å². The Morgan fingerprint density at radius 2 is 2.14 bits per heavy atom. The lowest BCUT2D eigenvalue weighted by Crippen LogP contribution is -2.39. The number of nitriles is 1. The van der Waals surface area contributed by atoms with Crippen molar-refractivity contribution in [1.29, 1.82) is 5.26 Å². The van der Waals surface area contributed by atoms with Crippen LogP contribution >= 0.6 is 0 Å². The Morgan fingerprint density at radius 3 is 2.50 bits per heavy atom. The van der Waals surface area contributed by atoms with Gasteiger partial charge in [-0.05, 0) is 38.5 Å². The van der Waals surface area contributed by atoms with Crippen molar-refractivity contribution in [1.82, 2.24) is 5.32 Å². The zero-order valence-electron chi connectivity index (χ0n) is 9.18. The van der Waals surface area contributed by atoms with E-state index in [1.807, 2.05) is 6.07 Å². The largest absolute Gasteiger partial charge is 0.354 e. The van der Waals surface area contributed by atoms with Crippen LogP contribution in [0.1, 0.15) is 40.0 Å². The Bertz CT molecular complexity index is 272. The molecular weight excluding hydrogens is 176 g/mol. The van der Waals surface area contributed by atoms with Gasteiger partial charge in [0.2, 0.25) is 5.91 Å². The van der Waals surface area contributed by atoms with E-state index in [1.54, 1.807) is 13.8 Å². The number of rotatable bonds is 4. The second-order valence-electron chi connectivity index (χ2n) is 4.77. The molecule has 0 aromatic heterocycles. The van der Waals surface area contributed by atoms with Crippen molar-refractivity contribution >= 4 is 5.91 Å². The van der Waals surface area contributed by atoms with Gasteiger partial charge in [-0.15, -0.1) is 0 Å². The number of nitrogens with one attached hydrogen (secondary N) is 1. The van der Waals surface area contributed by atoms with Crippen molar-refractivity contribution < 1.29 is 4.79 Å². The molecule has 0 heterocycles. The minimum absolute atomic E-state index is 0.153. The number of amides is 1. The van der Waals surface area contributed by atoms with E-state index in [0.29, 0.717) is 5.41 Å². The lowest BCUT2D eigenvalue weighted by Gasteiger charge is -2.18. The molecule has 14 heavy (non-hydrogen) atoms. The molecule has 0 aromatic carbocycles. The third-order valence-electron chi connectivity index (χ3n) is 3.18. The number of carbonyl (C=O) groups is 1. The zero-order valence-corrected chi connectivity index (χ0v) is 9.18. The first-order chi connectivity index (χ1) is 6.46. The standard InChI is InChI=1S/C11H18N2O/c1-4-11(5-6-11)8-13-9(14)10(2,3)7-12/h4-6,8H2,1-3H3,(H,13,14). The van der Waals surface area contributed by atoms with Gasteiger partial charge in [0.25, 0.3) is 0 Å². The lowest BCUT2D eigenvalue weighted by molar-refractivity contribution is -0.127. The van der Waals surface area contributed by atoms with E-state index >= 15 is 0 Å². The molecular formula is C11H18N2O. The lowest BCUT2D eigenvalue weighted by atomic mass is 9.94. The second kappa shape index (κ2) is 3.61. The first-order valence-corrected chi connectivity index (χ1v) is 5.15. The first-order valence-electron chi connectivity index (χ1n) is 5.15. The van der Waals surface area contributed by atoms with Gasteiger partial charge >= 0.3 is 0 Å². The fraction of sp³-hybridized carbons (Fsp3) is 0.818. The molecule has 1 N–H and O–H groups in total. The topological polar surface area (TPSA) is 52.9 Å². The molecule has 0 aromatic rings. The van der Waals surface area contributed by atoms with Crippen molar-refractivity contribution in [3.05, 3.63) is 0 Å². The smallest absolute Gasteiger partial charge is 0.239 e. The van der Waals surface area contributed by atoms with Crippen LogP contribution in [-0.2, 0) is 4.79 Å². The van der Waals surface area contributed by atoms with Crippen molar-refractivity contribution in [3.8, 4) is 6.07 Å². The normalized spacial score (nSPS) is 18.4. The summed E-state index contributed by atoms with van der Waals surface area (Å²) >= 11 is 0. The van der Waals surface area contributed by atoms with E-state index in [1.165, 1.54) is 12.8 Å². The molecule has 0 radical (unpaired) electrons. The summed E-state index contributed by atoms with van der Waals surface area (Å²) in [7, 11) is 0. The summed E-state index contributed by atoms with van der Waals surface area (Å²) in [4.78, 5) is 11.6. The molecule has 0 aliphatic heterocycles. The maximum Gasteiger partial charge on any atom is 0.239 e. The minimum Gasteiger partial charge on any atom is -0.354 e. The molecule has 1 rings (SSSR count). The second-order valence-corrected chi connectivity index (χ2v) is 4.77. The average Bonchev–Trinajstić information content (AvgIpc) is 2.95. The molecule has 0 spiro atoms. The fourth-order valence-electron chi connectivity index (χ4n) is 1.37.